The lowest BCUT2D eigenvalue weighted by atomic mass is 10.0. The van der Waals surface area contributed by atoms with Crippen LogP contribution in [0.25, 0.3) is 17.0 Å². The quantitative estimate of drug-likeness (QED) is 0.389. The topological polar surface area (TPSA) is 68.4 Å². The molecule has 0 bridgehead atoms. The molecule has 1 atom stereocenters. The van der Waals surface area contributed by atoms with Crippen LogP contribution < -0.4 is 4.74 Å². The zero-order valence-electron chi connectivity index (χ0n) is 15.8. The van der Waals surface area contributed by atoms with E-state index in [1.165, 1.54) is 32.2 Å². The van der Waals surface area contributed by atoms with Crippen LogP contribution in [0.5, 0.6) is 5.75 Å². The van der Waals surface area contributed by atoms with E-state index in [0.717, 1.165) is 22.7 Å². The number of nitrogens with one attached hydrogen (secondary N) is 1. The van der Waals surface area contributed by atoms with Gasteiger partial charge in [-0.25, -0.2) is 9.18 Å². The van der Waals surface area contributed by atoms with Crippen LogP contribution in [0, 0.1) is 12.7 Å². The molecule has 0 aliphatic rings. The maximum absolute atomic E-state index is 13.7. The average molecular weight is 381 g/mol. The van der Waals surface area contributed by atoms with Gasteiger partial charge in [0.25, 0.3) is 0 Å². The molecule has 2 aromatic carbocycles. The van der Waals surface area contributed by atoms with Gasteiger partial charge >= 0.3 is 5.97 Å². The van der Waals surface area contributed by atoms with Crippen molar-refractivity contribution in [2.24, 2.45) is 0 Å². The number of H-pyrrole nitrogens is 1. The van der Waals surface area contributed by atoms with Crippen molar-refractivity contribution in [2.75, 3.05) is 7.11 Å². The molecular weight excluding hydrogens is 361 g/mol. The fraction of sp³-hybridized carbons (Fsp3) is 0.182. The summed E-state index contributed by atoms with van der Waals surface area (Å²) in [6.07, 6.45) is 1.62. The maximum atomic E-state index is 13.7. The second-order valence-electron chi connectivity index (χ2n) is 6.34. The number of aryl methyl sites for hydroxylation is 1. The lowest BCUT2D eigenvalue weighted by Gasteiger charge is -2.11. The number of aromatic amines is 1. The van der Waals surface area contributed by atoms with Gasteiger partial charge in [-0.05, 0) is 43.7 Å². The SMILES string of the molecule is COc1ccc(/C=C/C(=O)O[C@H](C)C(=O)c2c(C)[nH]c3ccccc23)cc1F. The number of carbonyl (C=O) groups is 2. The molecule has 3 aromatic rings. The van der Waals surface area contributed by atoms with E-state index in [0.29, 0.717) is 11.1 Å². The third kappa shape index (κ3) is 3.96. The number of benzene rings is 2. The molecule has 28 heavy (non-hydrogen) atoms. The average Bonchev–Trinajstić information content (AvgIpc) is 3.01. The third-order valence-corrected chi connectivity index (χ3v) is 4.39. The number of ketones is 1. The molecule has 0 aliphatic carbocycles. The molecule has 1 heterocycles. The van der Waals surface area contributed by atoms with E-state index in [1.54, 1.807) is 13.0 Å². The predicted molar refractivity (Wildman–Crippen MR) is 105 cm³/mol. The normalized spacial score (nSPS) is 12.3. The van der Waals surface area contributed by atoms with Gasteiger partial charge in [0, 0.05) is 28.2 Å². The Bertz CT molecular complexity index is 1070. The number of hydrogen-bond acceptors (Lipinski definition) is 4. The Labute approximate surface area is 161 Å². The molecule has 0 fully saturated rings. The van der Waals surface area contributed by atoms with E-state index in [1.807, 2.05) is 24.3 Å². The summed E-state index contributed by atoms with van der Waals surface area (Å²) in [4.78, 5) is 28.0. The Morgan fingerprint density at radius 3 is 2.64 bits per heavy atom. The number of fused-ring (bicyclic) bond motifs is 1. The van der Waals surface area contributed by atoms with Gasteiger partial charge in [0.05, 0.1) is 7.11 Å². The smallest absolute Gasteiger partial charge is 0.331 e. The number of rotatable bonds is 6. The van der Waals surface area contributed by atoms with Crippen molar-refractivity contribution in [2.45, 2.75) is 20.0 Å². The molecule has 0 aliphatic heterocycles. The van der Waals surface area contributed by atoms with Gasteiger partial charge in [0.1, 0.15) is 0 Å². The summed E-state index contributed by atoms with van der Waals surface area (Å²) in [7, 11) is 1.37. The first-order valence-corrected chi connectivity index (χ1v) is 8.74. The number of halogens is 1. The van der Waals surface area contributed by atoms with Gasteiger partial charge in [-0.15, -0.1) is 0 Å². The lowest BCUT2D eigenvalue weighted by Crippen LogP contribution is -2.24. The van der Waals surface area contributed by atoms with Crippen LogP contribution in [0.15, 0.2) is 48.5 Å². The summed E-state index contributed by atoms with van der Waals surface area (Å²) in [6, 6.07) is 11.8. The Kier molecular flexibility index (Phi) is 5.59. The summed E-state index contributed by atoms with van der Waals surface area (Å²) in [5.41, 5.74) is 2.56. The van der Waals surface area contributed by atoms with Gasteiger partial charge in [-0.3, -0.25) is 4.79 Å². The predicted octanol–water partition coefficient (Wildman–Crippen LogP) is 4.45. The highest BCUT2D eigenvalue weighted by Gasteiger charge is 2.23. The fourth-order valence-electron chi connectivity index (χ4n) is 3.02. The van der Waals surface area contributed by atoms with Crippen LogP contribution in [-0.4, -0.2) is 30.0 Å². The van der Waals surface area contributed by atoms with E-state index in [-0.39, 0.29) is 11.5 Å². The number of para-hydroxylation sites is 1. The van der Waals surface area contributed by atoms with Crippen LogP contribution >= 0.6 is 0 Å². The molecule has 5 nitrogen and oxygen atoms in total. The monoisotopic (exact) mass is 381 g/mol. The number of hydrogen-bond donors (Lipinski definition) is 1. The standard InChI is InChI=1S/C22H20FNO4/c1-13-21(16-6-4-5-7-18(16)24-13)22(26)14(2)28-20(25)11-9-15-8-10-19(27-3)17(23)12-15/h4-12,14,24H,1-3H3/b11-9+/t14-/m1/s1. The van der Waals surface area contributed by atoms with E-state index < -0.39 is 17.9 Å². The lowest BCUT2D eigenvalue weighted by molar-refractivity contribution is -0.140. The van der Waals surface area contributed by atoms with Crippen molar-refractivity contribution in [1.29, 1.82) is 0 Å². The fourth-order valence-corrected chi connectivity index (χ4v) is 3.02. The van der Waals surface area contributed by atoms with E-state index >= 15 is 0 Å². The summed E-state index contributed by atoms with van der Waals surface area (Å²) in [6.45, 7) is 3.34. The number of carbonyl (C=O) groups excluding carboxylic acids is 2. The summed E-state index contributed by atoms with van der Waals surface area (Å²) < 4.78 is 23.8. The van der Waals surface area contributed by atoms with E-state index in [2.05, 4.69) is 4.98 Å². The molecule has 6 heteroatoms. The zero-order valence-corrected chi connectivity index (χ0v) is 15.8. The van der Waals surface area contributed by atoms with Crippen molar-refractivity contribution < 1.29 is 23.5 Å². The molecule has 0 saturated heterocycles. The highest BCUT2D eigenvalue weighted by Crippen LogP contribution is 2.24. The molecule has 0 unspecified atom stereocenters. The van der Waals surface area contributed by atoms with Crippen molar-refractivity contribution in [3.63, 3.8) is 0 Å². The zero-order chi connectivity index (χ0) is 20.3. The number of ether oxygens (including phenoxy) is 2. The number of Topliss-reactive ketones (excluding diaryl/α,β-unsaturated/α-hetero) is 1. The second kappa shape index (κ2) is 8.08. The minimum absolute atomic E-state index is 0.119. The Hall–Kier alpha value is -3.41. The summed E-state index contributed by atoms with van der Waals surface area (Å²) >= 11 is 0. The van der Waals surface area contributed by atoms with Gasteiger partial charge < -0.3 is 14.5 Å². The highest BCUT2D eigenvalue weighted by atomic mass is 19.1. The molecule has 0 radical (unpaired) electrons. The van der Waals surface area contributed by atoms with E-state index in [4.69, 9.17) is 9.47 Å². The molecule has 1 N–H and O–H groups in total. The van der Waals surface area contributed by atoms with Gasteiger partial charge in [0.15, 0.2) is 17.7 Å². The minimum Gasteiger partial charge on any atom is -0.494 e. The third-order valence-electron chi connectivity index (χ3n) is 4.39. The van der Waals surface area contributed by atoms with Crippen molar-refractivity contribution in [3.8, 4) is 5.75 Å². The number of methoxy groups -OCH3 is 1. The van der Waals surface area contributed by atoms with Gasteiger partial charge in [-0.2, -0.15) is 0 Å². The minimum atomic E-state index is -0.956. The van der Waals surface area contributed by atoms with Crippen LogP contribution in [0.4, 0.5) is 4.39 Å². The summed E-state index contributed by atoms with van der Waals surface area (Å²) in [5, 5.41) is 0.789. The highest BCUT2D eigenvalue weighted by molar-refractivity contribution is 6.11. The van der Waals surface area contributed by atoms with Crippen molar-refractivity contribution >= 4 is 28.7 Å². The van der Waals surface area contributed by atoms with Gasteiger partial charge in [-0.1, -0.05) is 24.3 Å². The second-order valence-corrected chi connectivity index (χ2v) is 6.34. The molecule has 1 aromatic heterocycles. The molecule has 0 amide bonds. The van der Waals surface area contributed by atoms with E-state index in [9.17, 15) is 14.0 Å². The number of esters is 1. The summed E-state index contributed by atoms with van der Waals surface area (Å²) in [5.74, 6) is -1.38. The Balaban J connectivity index is 1.70. The Morgan fingerprint density at radius 1 is 1.18 bits per heavy atom. The van der Waals surface area contributed by atoms with Crippen LogP contribution in [0.1, 0.15) is 28.5 Å². The maximum Gasteiger partial charge on any atom is 0.331 e. The first kappa shape index (κ1) is 19.4. The van der Waals surface area contributed by atoms with Crippen molar-refractivity contribution in [3.05, 3.63) is 71.2 Å². The largest absolute Gasteiger partial charge is 0.494 e. The van der Waals surface area contributed by atoms with Crippen LogP contribution in [-0.2, 0) is 9.53 Å². The van der Waals surface area contributed by atoms with Gasteiger partial charge in [0.2, 0.25) is 5.78 Å². The molecule has 3 rings (SSSR count). The first-order valence-electron chi connectivity index (χ1n) is 8.74. The molecule has 0 saturated carbocycles. The molecule has 0 spiro atoms. The molecular formula is C22H20FNO4. The van der Waals surface area contributed by atoms with Crippen LogP contribution in [0.3, 0.4) is 0 Å². The Morgan fingerprint density at radius 2 is 1.93 bits per heavy atom. The van der Waals surface area contributed by atoms with Crippen LogP contribution in [0.2, 0.25) is 0 Å². The number of aromatic nitrogens is 1. The van der Waals surface area contributed by atoms with Crippen molar-refractivity contribution in [1.82, 2.24) is 4.98 Å². The first-order chi connectivity index (χ1) is 13.4. The molecule has 144 valence electrons.